The van der Waals surface area contributed by atoms with E-state index < -0.39 is 14.9 Å². The van der Waals surface area contributed by atoms with Gasteiger partial charge in [0, 0.05) is 13.1 Å². The van der Waals surface area contributed by atoms with Crippen LogP contribution in [0.2, 0.25) is 5.15 Å². The molecule has 0 saturated heterocycles. The summed E-state index contributed by atoms with van der Waals surface area (Å²) < 4.78 is 25.0. The lowest BCUT2D eigenvalue weighted by molar-refractivity contribution is -0.384. The van der Waals surface area contributed by atoms with Gasteiger partial charge in [0.1, 0.15) is 11.0 Å². The third kappa shape index (κ3) is 5.37. The number of pyridine rings is 1. The molecule has 2 N–H and O–H groups in total. The smallest absolute Gasteiger partial charge is 0.276 e. The molecule has 1 rings (SSSR count). The topological polar surface area (TPSA) is 114 Å². The molecule has 106 valence electrons. The van der Waals surface area contributed by atoms with Crippen molar-refractivity contribution in [2.24, 2.45) is 0 Å². The number of nitro groups is 1. The fourth-order valence-corrected chi connectivity index (χ4v) is 2.44. The average molecular weight is 309 g/mol. The number of nitrogens with one attached hydrogen (secondary N) is 2. The van der Waals surface area contributed by atoms with Crippen LogP contribution in [-0.4, -0.2) is 37.2 Å². The highest BCUT2D eigenvalue weighted by atomic mass is 35.5. The van der Waals surface area contributed by atoms with E-state index in [9.17, 15) is 18.5 Å². The van der Waals surface area contributed by atoms with Crippen molar-refractivity contribution >= 4 is 33.1 Å². The van der Waals surface area contributed by atoms with Gasteiger partial charge in [-0.25, -0.2) is 18.1 Å². The molecule has 0 fully saturated rings. The molecule has 0 aliphatic carbocycles. The summed E-state index contributed by atoms with van der Waals surface area (Å²) in [4.78, 5) is 13.8. The van der Waals surface area contributed by atoms with E-state index in [2.05, 4.69) is 15.0 Å². The SMILES string of the molecule is CCNS(=O)(=O)CCNc1cc([N+](=O)[O-])cc(Cl)n1. The molecule has 19 heavy (non-hydrogen) atoms. The number of rotatable bonds is 7. The lowest BCUT2D eigenvalue weighted by Gasteiger charge is -2.07. The lowest BCUT2D eigenvalue weighted by Crippen LogP contribution is -2.29. The van der Waals surface area contributed by atoms with Crippen LogP contribution in [-0.2, 0) is 10.0 Å². The predicted octanol–water partition coefficient (Wildman–Crippen LogP) is 0.994. The van der Waals surface area contributed by atoms with Gasteiger partial charge >= 0.3 is 0 Å². The number of anilines is 1. The summed E-state index contributed by atoms with van der Waals surface area (Å²) in [6, 6.07) is 2.30. The summed E-state index contributed by atoms with van der Waals surface area (Å²) in [5.41, 5.74) is -0.211. The fraction of sp³-hybridized carbons (Fsp3) is 0.444. The highest BCUT2D eigenvalue weighted by Gasteiger charge is 2.11. The Morgan fingerprint density at radius 2 is 2.16 bits per heavy atom. The van der Waals surface area contributed by atoms with E-state index >= 15 is 0 Å². The molecule has 0 saturated carbocycles. The van der Waals surface area contributed by atoms with Gasteiger partial charge in [-0.15, -0.1) is 0 Å². The molecule has 10 heteroatoms. The Morgan fingerprint density at radius 3 is 2.74 bits per heavy atom. The first-order valence-corrected chi connectivity index (χ1v) is 7.40. The predicted molar refractivity (Wildman–Crippen MR) is 71.9 cm³/mol. The summed E-state index contributed by atoms with van der Waals surface area (Å²) in [6.45, 7) is 2.05. The van der Waals surface area contributed by atoms with E-state index in [1.807, 2.05) is 0 Å². The summed E-state index contributed by atoms with van der Waals surface area (Å²) in [6.07, 6.45) is 0. The van der Waals surface area contributed by atoms with Gasteiger partial charge in [0.2, 0.25) is 10.0 Å². The molecule has 0 aliphatic rings. The number of sulfonamides is 1. The average Bonchev–Trinajstić information content (AvgIpc) is 2.27. The Bertz CT molecular complexity index is 563. The second-order valence-corrected chi connectivity index (χ2v) is 5.85. The molecule has 0 aliphatic heterocycles. The van der Waals surface area contributed by atoms with Crippen LogP contribution in [0.5, 0.6) is 0 Å². The number of aromatic nitrogens is 1. The van der Waals surface area contributed by atoms with Crippen LogP contribution in [0.15, 0.2) is 12.1 Å². The van der Waals surface area contributed by atoms with Gasteiger partial charge in [-0.2, -0.15) is 0 Å². The van der Waals surface area contributed by atoms with Crippen molar-refractivity contribution < 1.29 is 13.3 Å². The molecule has 0 atom stereocenters. The Balaban J connectivity index is 2.66. The second-order valence-electron chi connectivity index (χ2n) is 3.53. The van der Waals surface area contributed by atoms with Gasteiger partial charge < -0.3 is 5.32 Å². The largest absolute Gasteiger partial charge is 0.369 e. The highest BCUT2D eigenvalue weighted by Crippen LogP contribution is 2.20. The Morgan fingerprint density at radius 1 is 1.47 bits per heavy atom. The Labute approximate surface area is 115 Å². The van der Waals surface area contributed by atoms with Gasteiger partial charge in [-0.1, -0.05) is 18.5 Å². The standard InChI is InChI=1S/C9H13ClN4O4S/c1-2-12-19(17,18)4-3-11-9-6-7(14(15)16)5-8(10)13-9/h5-6,12H,2-4H2,1H3,(H,11,13). The van der Waals surface area contributed by atoms with E-state index in [0.717, 1.165) is 6.07 Å². The fourth-order valence-electron chi connectivity index (χ4n) is 1.28. The van der Waals surface area contributed by atoms with Gasteiger partial charge in [0.15, 0.2) is 0 Å². The van der Waals surface area contributed by atoms with Crippen LogP contribution in [0.1, 0.15) is 6.92 Å². The van der Waals surface area contributed by atoms with Crippen molar-refractivity contribution in [3.63, 3.8) is 0 Å². The van der Waals surface area contributed by atoms with Crippen LogP contribution in [0.25, 0.3) is 0 Å². The van der Waals surface area contributed by atoms with E-state index in [0.29, 0.717) is 6.54 Å². The maximum Gasteiger partial charge on any atom is 0.276 e. The summed E-state index contributed by atoms with van der Waals surface area (Å²) >= 11 is 5.63. The lowest BCUT2D eigenvalue weighted by atomic mass is 10.4. The molecule has 0 unspecified atom stereocenters. The van der Waals surface area contributed by atoms with Gasteiger partial charge in [-0.3, -0.25) is 10.1 Å². The first-order valence-electron chi connectivity index (χ1n) is 5.37. The minimum absolute atomic E-state index is 0.0359. The first kappa shape index (κ1) is 15.6. The monoisotopic (exact) mass is 308 g/mol. The Kier molecular flexibility index (Phi) is 5.45. The molecular formula is C9H13ClN4O4S. The number of halogens is 1. The summed E-state index contributed by atoms with van der Waals surface area (Å²) in [5, 5.41) is 13.2. The first-order chi connectivity index (χ1) is 8.84. The summed E-state index contributed by atoms with van der Waals surface area (Å²) in [7, 11) is -3.35. The molecular weight excluding hydrogens is 296 g/mol. The van der Waals surface area contributed by atoms with Crippen LogP contribution >= 0.6 is 11.6 Å². The Hall–Kier alpha value is -1.45. The van der Waals surface area contributed by atoms with Crippen LogP contribution in [0.4, 0.5) is 11.5 Å². The number of hydrogen-bond donors (Lipinski definition) is 2. The van der Waals surface area contributed by atoms with Crippen LogP contribution in [0.3, 0.4) is 0 Å². The summed E-state index contributed by atoms with van der Waals surface area (Å²) in [5.74, 6) is -0.00562. The zero-order valence-electron chi connectivity index (χ0n) is 10.1. The van der Waals surface area contributed by atoms with Crippen molar-refractivity contribution in [3.8, 4) is 0 Å². The third-order valence-corrected chi connectivity index (χ3v) is 3.69. The van der Waals surface area contributed by atoms with Gasteiger partial charge in [-0.05, 0) is 0 Å². The maximum absolute atomic E-state index is 11.4. The van der Waals surface area contributed by atoms with Crippen LogP contribution < -0.4 is 10.0 Å². The molecule has 1 aromatic heterocycles. The minimum atomic E-state index is -3.35. The van der Waals surface area contributed by atoms with Crippen molar-refractivity contribution in [1.82, 2.24) is 9.71 Å². The normalized spacial score (nSPS) is 11.3. The zero-order chi connectivity index (χ0) is 14.5. The van der Waals surface area contributed by atoms with Gasteiger partial charge in [0.25, 0.3) is 5.69 Å². The molecule has 0 amide bonds. The number of nitrogens with zero attached hydrogens (tertiary/aromatic N) is 2. The van der Waals surface area contributed by atoms with E-state index in [-0.39, 0.29) is 29.0 Å². The zero-order valence-corrected chi connectivity index (χ0v) is 11.7. The minimum Gasteiger partial charge on any atom is -0.369 e. The van der Waals surface area contributed by atoms with Crippen molar-refractivity contribution in [1.29, 1.82) is 0 Å². The second kappa shape index (κ2) is 6.64. The van der Waals surface area contributed by atoms with Crippen molar-refractivity contribution in [2.75, 3.05) is 24.2 Å². The molecule has 0 aromatic carbocycles. The molecule has 0 spiro atoms. The molecule has 0 radical (unpaired) electrons. The third-order valence-electron chi connectivity index (χ3n) is 2.03. The maximum atomic E-state index is 11.4. The highest BCUT2D eigenvalue weighted by molar-refractivity contribution is 7.89. The van der Waals surface area contributed by atoms with Crippen molar-refractivity contribution in [2.45, 2.75) is 6.92 Å². The van der Waals surface area contributed by atoms with E-state index in [1.54, 1.807) is 6.92 Å². The number of hydrogen-bond acceptors (Lipinski definition) is 6. The molecule has 1 aromatic rings. The van der Waals surface area contributed by atoms with Crippen molar-refractivity contribution in [3.05, 3.63) is 27.4 Å². The molecule has 0 bridgehead atoms. The molecule has 1 heterocycles. The van der Waals surface area contributed by atoms with Gasteiger partial charge in [0.05, 0.1) is 22.8 Å². The van der Waals surface area contributed by atoms with Crippen LogP contribution in [0, 0.1) is 10.1 Å². The quantitative estimate of drug-likeness (QED) is 0.441. The van der Waals surface area contributed by atoms with E-state index in [1.165, 1.54) is 6.07 Å². The van der Waals surface area contributed by atoms with E-state index in [4.69, 9.17) is 11.6 Å². The molecule has 8 nitrogen and oxygen atoms in total.